The molecular weight excluding hydrogens is 224 g/mol. The summed E-state index contributed by atoms with van der Waals surface area (Å²) in [7, 11) is 0. The molecule has 0 amide bonds. The Bertz CT molecular complexity index is 372. The van der Waals surface area contributed by atoms with Crippen LogP contribution in [0.3, 0.4) is 0 Å². The van der Waals surface area contributed by atoms with Gasteiger partial charge in [-0.2, -0.15) is 0 Å². The molecule has 1 aromatic carbocycles. The molecule has 0 aliphatic heterocycles. The van der Waals surface area contributed by atoms with E-state index in [-0.39, 0.29) is 11.7 Å². The monoisotopic (exact) mass is 238 g/mol. The van der Waals surface area contributed by atoms with Crippen molar-refractivity contribution in [3.63, 3.8) is 0 Å². The van der Waals surface area contributed by atoms with Crippen molar-refractivity contribution in [2.24, 2.45) is 5.92 Å². The van der Waals surface area contributed by atoms with Gasteiger partial charge in [-0.25, -0.2) is 0 Å². The average Bonchev–Trinajstić information content (AvgIpc) is 2.30. The van der Waals surface area contributed by atoms with Gasteiger partial charge in [-0.15, -0.1) is 0 Å². The van der Waals surface area contributed by atoms with Crippen molar-refractivity contribution in [2.45, 2.75) is 31.8 Å². The minimum absolute atomic E-state index is 0.189. The molecule has 2 rings (SSSR count). The van der Waals surface area contributed by atoms with E-state index in [0.717, 1.165) is 24.8 Å². The Morgan fingerprint density at radius 1 is 1.25 bits per heavy atom. The molecule has 0 bridgehead atoms. The van der Waals surface area contributed by atoms with Crippen LogP contribution in [0.4, 0.5) is 0 Å². The van der Waals surface area contributed by atoms with Crippen LogP contribution in [0, 0.1) is 5.92 Å². The number of hydrogen-bond acceptors (Lipinski definition) is 2. The van der Waals surface area contributed by atoms with Crippen molar-refractivity contribution in [3.8, 4) is 0 Å². The SMILES string of the molecule is O=C1CCCC[C@H]1[C@@H](O)c1ccc(Cl)cc1. The first-order valence-electron chi connectivity index (χ1n) is 5.65. The first kappa shape index (κ1) is 11.6. The van der Waals surface area contributed by atoms with Crippen LogP contribution in [-0.2, 0) is 4.79 Å². The third-order valence-corrected chi connectivity index (χ3v) is 3.45. The molecule has 16 heavy (non-hydrogen) atoms. The van der Waals surface area contributed by atoms with Crippen LogP contribution in [-0.4, -0.2) is 10.9 Å². The predicted octanol–water partition coefficient (Wildman–Crippen LogP) is 3.13. The van der Waals surface area contributed by atoms with Crippen LogP contribution in [0.2, 0.25) is 5.02 Å². The Hall–Kier alpha value is -0.860. The van der Waals surface area contributed by atoms with Gasteiger partial charge in [0.1, 0.15) is 5.78 Å². The van der Waals surface area contributed by atoms with Crippen molar-refractivity contribution in [1.29, 1.82) is 0 Å². The minimum Gasteiger partial charge on any atom is -0.388 e. The number of halogens is 1. The number of Topliss-reactive ketones (excluding diaryl/α,β-unsaturated/α-hetero) is 1. The molecule has 0 unspecified atom stereocenters. The third-order valence-electron chi connectivity index (χ3n) is 3.19. The molecule has 0 heterocycles. The van der Waals surface area contributed by atoms with Gasteiger partial charge in [0.25, 0.3) is 0 Å². The molecule has 1 aliphatic rings. The highest BCUT2D eigenvalue weighted by Gasteiger charge is 2.29. The summed E-state index contributed by atoms with van der Waals surface area (Å²) in [4.78, 5) is 11.7. The van der Waals surface area contributed by atoms with Crippen LogP contribution in [0.5, 0.6) is 0 Å². The fraction of sp³-hybridized carbons (Fsp3) is 0.462. The lowest BCUT2D eigenvalue weighted by Crippen LogP contribution is -2.25. The van der Waals surface area contributed by atoms with Crippen molar-refractivity contribution in [3.05, 3.63) is 34.9 Å². The molecule has 1 saturated carbocycles. The Labute approximate surface area is 100 Å². The number of aliphatic hydroxyl groups excluding tert-OH is 1. The van der Waals surface area contributed by atoms with E-state index >= 15 is 0 Å². The topological polar surface area (TPSA) is 37.3 Å². The molecule has 0 radical (unpaired) electrons. The molecule has 1 aromatic rings. The Morgan fingerprint density at radius 2 is 1.94 bits per heavy atom. The highest BCUT2D eigenvalue weighted by atomic mass is 35.5. The summed E-state index contributed by atoms with van der Waals surface area (Å²) in [6.07, 6.45) is 2.71. The van der Waals surface area contributed by atoms with E-state index in [4.69, 9.17) is 11.6 Å². The second-order valence-electron chi connectivity index (χ2n) is 4.31. The Kier molecular flexibility index (Phi) is 3.62. The number of rotatable bonds is 2. The first-order valence-corrected chi connectivity index (χ1v) is 6.02. The maximum absolute atomic E-state index is 11.7. The Morgan fingerprint density at radius 3 is 2.56 bits per heavy atom. The second kappa shape index (κ2) is 4.98. The molecule has 86 valence electrons. The maximum atomic E-state index is 11.7. The lowest BCUT2D eigenvalue weighted by atomic mass is 9.82. The van der Waals surface area contributed by atoms with Crippen molar-refractivity contribution < 1.29 is 9.90 Å². The zero-order chi connectivity index (χ0) is 11.5. The standard InChI is InChI=1S/C13H15ClO2/c14-10-7-5-9(6-8-10)13(16)11-3-1-2-4-12(11)15/h5-8,11,13,16H,1-4H2/t11-,13+/m1/s1. The number of hydrogen-bond donors (Lipinski definition) is 1. The number of benzene rings is 1. The molecule has 2 nitrogen and oxygen atoms in total. The van der Waals surface area contributed by atoms with E-state index in [2.05, 4.69) is 0 Å². The molecule has 0 aromatic heterocycles. The van der Waals surface area contributed by atoms with Crippen molar-refractivity contribution in [1.82, 2.24) is 0 Å². The molecule has 2 atom stereocenters. The fourth-order valence-corrected chi connectivity index (χ4v) is 2.36. The molecule has 0 saturated heterocycles. The summed E-state index contributed by atoms with van der Waals surface area (Å²) in [5.41, 5.74) is 0.782. The zero-order valence-corrected chi connectivity index (χ0v) is 9.78. The van der Waals surface area contributed by atoms with Gasteiger partial charge in [0.15, 0.2) is 0 Å². The largest absolute Gasteiger partial charge is 0.388 e. The van der Waals surface area contributed by atoms with Gasteiger partial charge in [0.2, 0.25) is 0 Å². The highest BCUT2D eigenvalue weighted by Crippen LogP contribution is 2.32. The van der Waals surface area contributed by atoms with Gasteiger partial charge >= 0.3 is 0 Å². The van der Waals surface area contributed by atoms with Gasteiger partial charge in [-0.3, -0.25) is 4.79 Å². The van der Waals surface area contributed by atoms with Crippen LogP contribution in [0.15, 0.2) is 24.3 Å². The summed E-state index contributed by atoms with van der Waals surface area (Å²) in [5.74, 6) is -0.0383. The smallest absolute Gasteiger partial charge is 0.138 e. The normalized spacial score (nSPS) is 23.1. The van der Waals surface area contributed by atoms with Gasteiger partial charge in [-0.05, 0) is 30.5 Å². The van der Waals surface area contributed by atoms with Crippen LogP contribution >= 0.6 is 11.6 Å². The quantitative estimate of drug-likeness (QED) is 0.860. The van der Waals surface area contributed by atoms with Gasteiger partial charge in [-0.1, -0.05) is 30.2 Å². The number of aliphatic hydroxyl groups is 1. The zero-order valence-electron chi connectivity index (χ0n) is 9.03. The molecule has 3 heteroatoms. The highest BCUT2D eigenvalue weighted by molar-refractivity contribution is 6.30. The van der Waals surface area contributed by atoms with E-state index in [9.17, 15) is 9.90 Å². The van der Waals surface area contributed by atoms with Crippen LogP contribution < -0.4 is 0 Å². The molecule has 1 N–H and O–H groups in total. The summed E-state index contributed by atoms with van der Waals surface area (Å²) in [6, 6.07) is 7.06. The minimum atomic E-state index is -0.676. The van der Waals surface area contributed by atoms with Crippen molar-refractivity contribution >= 4 is 17.4 Å². The van der Waals surface area contributed by atoms with E-state index in [0.29, 0.717) is 11.4 Å². The van der Waals surface area contributed by atoms with Gasteiger partial charge in [0.05, 0.1) is 6.10 Å². The van der Waals surface area contributed by atoms with Gasteiger partial charge in [0, 0.05) is 17.4 Å². The fourth-order valence-electron chi connectivity index (χ4n) is 2.24. The predicted molar refractivity (Wildman–Crippen MR) is 63.4 cm³/mol. The van der Waals surface area contributed by atoms with Crippen molar-refractivity contribution in [2.75, 3.05) is 0 Å². The number of ketones is 1. The van der Waals surface area contributed by atoms with Crippen LogP contribution in [0.1, 0.15) is 37.4 Å². The third kappa shape index (κ3) is 2.45. The van der Waals surface area contributed by atoms with Gasteiger partial charge < -0.3 is 5.11 Å². The summed E-state index contributed by atoms with van der Waals surface area (Å²) in [5, 5.41) is 10.8. The van der Waals surface area contributed by atoms with E-state index in [1.165, 1.54) is 0 Å². The summed E-state index contributed by atoms with van der Waals surface area (Å²) in [6.45, 7) is 0. The Balaban J connectivity index is 2.14. The number of carbonyl (C=O) groups is 1. The van der Waals surface area contributed by atoms with E-state index < -0.39 is 6.10 Å². The summed E-state index contributed by atoms with van der Waals surface area (Å²) < 4.78 is 0. The molecular formula is C13H15ClO2. The molecule has 1 aliphatic carbocycles. The van der Waals surface area contributed by atoms with E-state index in [1.807, 2.05) is 0 Å². The lowest BCUT2D eigenvalue weighted by molar-refractivity contribution is -0.128. The molecule has 1 fully saturated rings. The number of carbonyl (C=O) groups excluding carboxylic acids is 1. The summed E-state index contributed by atoms with van der Waals surface area (Å²) >= 11 is 5.78. The maximum Gasteiger partial charge on any atom is 0.138 e. The van der Waals surface area contributed by atoms with Crippen LogP contribution in [0.25, 0.3) is 0 Å². The van der Waals surface area contributed by atoms with E-state index in [1.54, 1.807) is 24.3 Å². The lowest BCUT2D eigenvalue weighted by Gasteiger charge is -2.25. The second-order valence-corrected chi connectivity index (χ2v) is 4.75. The average molecular weight is 239 g/mol. The first-order chi connectivity index (χ1) is 7.68. The molecule has 0 spiro atoms.